The molecule has 250 valence electrons. The zero-order valence-electron chi connectivity index (χ0n) is 27.8. The molecule has 0 bridgehead atoms. The molecule has 0 spiro atoms. The summed E-state index contributed by atoms with van der Waals surface area (Å²) in [6, 6.07) is 9.68. The molecule has 12 nitrogen and oxygen atoms in total. The molecule has 2 aromatic rings. The Hall–Kier alpha value is -4.35. The molecule has 1 heterocycles. The summed E-state index contributed by atoms with van der Waals surface area (Å²) in [5.74, 6) is -0.0656. The first-order chi connectivity index (χ1) is 21.4. The summed E-state index contributed by atoms with van der Waals surface area (Å²) in [6.07, 6.45) is 1.67. The number of aromatic nitrogens is 1. The summed E-state index contributed by atoms with van der Waals surface area (Å²) < 4.78 is 26.7. The number of nitrogens with zero attached hydrogens (tertiary/aromatic N) is 1. The molecule has 0 fully saturated rings. The highest BCUT2D eigenvalue weighted by molar-refractivity contribution is 5.89. The van der Waals surface area contributed by atoms with Crippen molar-refractivity contribution in [3.05, 3.63) is 47.7 Å². The van der Waals surface area contributed by atoms with Gasteiger partial charge in [0.05, 0.1) is 33.4 Å². The number of unbranched alkanes of at least 4 members (excludes halogenated alkanes) is 1. The number of rotatable bonds is 16. The second-order valence-electron chi connectivity index (χ2n) is 10.7. The van der Waals surface area contributed by atoms with Gasteiger partial charge in [-0.25, -0.2) is 14.6 Å². The minimum atomic E-state index is -0.890. The highest BCUT2D eigenvalue weighted by atomic mass is 16.6. The van der Waals surface area contributed by atoms with E-state index < -0.39 is 23.7 Å². The first-order valence-corrected chi connectivity index (χ1v) is 15.2. The van der Waals surface area contributed by atoms with Crippen LogP contribution >= 0.6 is 0 Å². The van der Waals surface area contributed by atoms with Gasteiger partial charge in [-0.15, -0.1) is 0 Å². The van der Waals surface area contributed by atoms with Crippen LogP contribution < -0.4 is 20.1 Å². The number of hydrogen-bond acceptors (Lipinski definition) is 10. The lowest BCUT2D eigenvalue weighted by Crippen LogP contribution is -2.43. The molecular formula is C33H49N3O9. The predicted molar refractivity (Wildman–Crippen MR) is 170 cm³/mol. The fraction of sp³-hybridized carbons (Fsp3) is 0.545. The van der Waals surface area contributed by atoms with Crippen molar-refractivity contribution in [3.63, 3.8) is 0 Å². The zero-order valence-corrected chi connectivity index (χ0v) is 27.8. The largest absolute Gasteiger partial charge is 0.493 e. The van der Waals surface area contributed by atoms with Gasteiger partial charge >= 0.3 is 18.0 Å². The molecule has 12 heteroatoms. The van der Waals surface area contributed by atoms with Crippen molar-refractivity contribution < 1.29 is 42.9 Å². The molecule has 0 aliphatic carbocycles. The van der Waals surface area contributed by atoms with Crippen LogP contribution in [0.25, 0.3) is 0 Å². The quantitative estimate of drug-likeness (QED) is 0.140. The van der Waals surface area contributed by atoms with E-state index in [9.17, 15) is 19.2 Å². The van der Waals surface area contributed by atoms with Crippen LogP contribution in [0.15, 0.2) is 36.4 Å². The smallest absolute Gasteiger partial charge is 0.407 e. The van der Waals surface area contributed by atoms with Crippen LogP contribution in [0.5, 0.6) is 11.5 Å². The fourth-order valence-corrected chi connectivity index (χ4v) is 3.70. The van der Waals surface area contributed by atoms with Crippen molar-refractivity contribution in [1.29, 1.82) is 0 Å². The summed E-state index contributed by atoms with van der Waals surface area (Å²) >= 11 is 0. The lowest BCUT2D eigenvalue weighted by atomic mass is 10.1. The van der Waals surface area contributed by atoms with Crippen LogP contribution in [0.4, 0.5) is 10.6 Å². The van der Waals surface area contributed by atoms with E-state index in [0.717, 1.165) is 18.4 Å². The molecule has 2 N–H and O–H groups in total. The van der Waals surface area contributed by atoms with Gasteiger partial charge in [0.2, 0.25) is 5.91 Å². The van der Waals surface area contributed by atoms with Crippen LogP contribution in [0.2, 0.25) is 0 Å². The molecule has 0 aliphatic rings. The van der Waals surface area contributed by atoms with Gasteiger partial charge < -0.3 is 34.3 Å². The van der Waals surface area contributed by atoms with Crippen LogP contribution in [-0.2, 0) is 41.4 Å². The van der Waals surface area contributed by atoms with Crippen molar-refractivity contribution in [2.75, 3.05) is 32.2 Å². The lowest BCUT2D eigenvalue weighted by Gasteiger charge is -2.19. The number of carbonyl (C=O) groups excluding carboxylic acids is 4. The zero-order chi connectivity index (χ0) is 33.8. The number of benzene rings is 1. The molecule has 0 saturated carbocycles. The molecule has 45 heavy (non-hydrogen) atoms. The average molecular weight is 632 g/mol. The first-order valence-electron chi connectivity index (χ1n) is 15.2. The van der Waals surface area contributed by atoms with Gasteiger partial charge in [-0.2, -0.15) is 0 Å². The van der Waals surface area contributed by atoms with Crippen molar-refractivity contribution in [2.45, 2.75) is 92.2 Å². The first kappa shape index (κ1) is 38.7. The number of hydrogen-bond donors (Lipinski definition) is 2. The van der Waals surface area contributed by atoms with Gasteiger partial charge in [0.1, 0.15) is 17.4 Å². The minimum absolute atomic E-state index is 0.0522. The Morgan fingerprint density at radius 3 is 2.22 bits per heavy atom. The molecule has 0 radical (unpaired) electrons. The van der Waals surface area contributed by atoms with E-state index in [1.54, 1.807) is 57.2 Å². The van der Waals surface area contributed by atoms with Gasteiger partial charge in [0.15, 0.2) is 11.6 Å². The second kappa shape index (κ2) is 20.6. The molecule has 0 aliphatic heterocycles. The van der Waals surface area contributed by atoms with Gasteiger partial charge in [0.25, 0.3) is 0 Å². The Bertz CT molecular complexity index is 1210. The Morgan fingerprint density at radius 2 is 1.62 bits per heavy atom. The Labute approximate surface area is 266 Å². The van der Waals surface area contributed by atoms with Crippen LogP contribution in [0, 0.1) is 0 Å². The number of methoxy groups -OCH3 is 1. The summed E-state index contributed by atoms with van der Waals surface area (Å²) in [4.78, 5) is 52.3. The third-order valence-corrected chi connectivity index (χ3v) is 5.69. The van der Waals surface area contributed by atoms with Gasteiger partial charge in [-0.3, -0.25) is 9.59 Å². The van der Waals surface area contributed by atoms with Crippen molar-refractivity contribution in [1.82, 2.24) is 10.3 Å². The number of anilines is 1. The summed E-state index contributed by atoms with van der Waals surface area (Å²) in [5, 5.41) is 5.21. The average Bonchev–Trinajstić information content (AvgIpc) is 2.98. The summed E-state index contributed by atoms with van der Waals surface area (Å²) in [5.41, 5.74) is 0.875. The molecular weight excluding hydrogens is 582 g/mol. The lowest BCUT2D eigenvalue weighted by molar-refractivity contribution is -0.155. The van der Waals surface area contributed by atoms with Crippen LogP contribution in [-0.4, -0.2) is 67.5 Å². The van der Waals surface area contributed by atoms with Crippen LogP contribution in [0.3, 0.4) is 0 Å². The number of amides is 2. The van der Waals surface area contributed by atoms with Crippen LogP contribution in [0.1, 0.15) is 79.0 Å². The number of ether oxygens (including phenoxy) is 5. The monoisotopic (exact) mass is 631 g/mol. The van der Waals surface area contributed by atoms with E-state index in [4.69, 9.17) is 23.7 Å². The molecule has 1 atom stereocenters. The number of esters is 2. The maximum atomic E-state index is 12.2. The number of carbonyl (C=O) groups is 4. The molecule has 1 aromatic heterocycles. The molecule has 1 aromatic carbocycles. The third kappa shape index (κ3) is 16.3. The minimum Gasteiger partial charge on any atom is -0.493 e. The highest BCUT2D eigenvalue weighted by Crippen LogP contribution is 2.23. The van der Waals surface area contributed by atoms with Gasteiger partial charge in [-0.05, 0) is 57.0 Å². The van der Waals surface area contributed by atoms with Gasteiger partial charge in [0, 0.05) is 25.5 Å². The standard InChI is InChI=1S/C31H43N3O9.C2H6/c1-7-8-17-42-30(38)34-25(29(37)39-6)20-22-9-12-24(13-10-22)40-18-15-23-11-14-26(28(33-23)32-21(2)35)41-19-16-27(36)43-31(3,4)5;1-2/h9-14,25H,7-8,15-20H2,1-6H3,(H,34,38)(H,32,33,35);1-2H3. The SMILES string of the molecule is CC.CCCCOC(=O)NC(Cc1ccc(OCCc2ccc(OCCC(=O)OC(C)(C)C)c(NC(C)=O)n2)cc1)C(=O)OC. The number of nitrogens with one attached hydrogen (secondary N) is 2. The Kier molecular flexibility index (Phi) is 17.7. The van der Waals surface area contributed by atoms with Crippen molar-refractivity contribution in [3.8, 4) is 11.5 Å². The van der Waals surface area contributed by atoms with E-state index in [1.165, 1.54) is 14.0 Å². The Morgan fingerprint density at radius 1 is 0.933 bits per heavy atom. The second-order valence-corrected chi connectivity index (χ2v) is 10.7. The number of alkyl carbamates (subject to hydrolysis) is 1. The fourth-order valence-electron chi connectivity index (χ4n) is 3.70. The van der Waals surface area contributed by atoms with E-state index in [-0.39, 0.29) is 43.7 Å². The highest BCUT2D eigenvalue weighted by Gasteiger charge is 2.23. The Balaban J connectivity index is 0.00000496. The van der Waals surface area contributed by atoms with E-state index >= 15 is 0 Å². The van der Waals surface area contributed by atoms with Gasteiger partial charge in [-0.1, -0.05) is 39.3 Å². The topological polar surface area (TPSA) is 151 Å². The summed E-state index contributed by atoms with van der Waals surface area (Å²) in [6.45, 7) is 13.4. The predicted octanol–water partition coefficient (Wildman–Crippen LogP) is 5.41. The normalized spacial score (nSPS) is 11.2. The molecule has 2 rings (SSSR count). The third-order valence-electron chi connectivity index (χ3n) is 5.69. The molecule has 2 amide bonds. The molecule has 0 saturated heterocycles. The maximum absolute atomic E-state index is 12.2. The van der Waals surface area contributed by atoms with E-state index in [0.29, 0.717) is 30.2 Å². The van der Waals surface area contributed by atoms with E-state index in [1.807, 2.05) is 20.8 Å². The van der Waals surface area contributed by atoms with Crippen molar-refractivity contribution in [2.24, 2.45) is 0 Å². The van der Waals surface area contributed by atoms with Crippen molar-refractivity contribution >= 4 is 29.8 Å². The molecule has 1 unspecified atom stereocenters. The summed E-state index contributed by atoms with van der Waals surface area (Å²) in [7, 11) is 1.26. The van der Waals surface area contributed by atoms with E-state index in [2.05, 4.69) is 15.6 Å². The maximum Gasteiger partial charge on any atom is 0.407 e. The number of pyridine rings is 1.